The zero-order chi connectivity index (χ0) is 12.2. The van der Waals surface area contributed by atoms with Gasteiger partial charge in [-0.15, -0.1) is 0 Å². The van der Waals surface area contributed by atoms with Gasteiger partial charge in [-0.1, -0.05) is 0 Å². The summed E-state index contributed by atoms with van der Waals surface area (Å²) in [6.45, 7) is 2.95. The van der Waals surface area contributed by atoms with Crippen molar-refractivity contribution in [1.29, 1.82) is 0 Å². The van der Waals surface area contributed by atoms with E-state index in [1.54, 1.807) is 0 Å². The maximum Gasteiger partial charge on any atom is 0.122 e. The van der Waals surface area contributed by atoms with Gasteiger partial charge in [0.05, 0.1) is 12.6 Å². The molecule has 0 aromatic carbocycles. The van der Waals surface area contributed by atoms with E-state index in [2.05, 4.69) is 21.1 Å². The van der Waals surface area contributed by atoms with Gasteiger partial charge in [0, 0.05) is 31.6 Å². The zero-order valence-corrected chi connectivity index (χ0v) is 11.0. The summed E-state index contributed by atoms with van der Waals surface area (Å²) in [5, 5.41) is 3.52. The van der Waals surface area contributed by atoms with Crippen molar-refractivity contribution in [3.05, 3.63) is 18.2 Å². The number of hydrogen-bond acceptors (Lipinski definition) is 3. The largest absolute Gasteiger partial charge is 0.378 e. The van der Waals surface area contributed by atoms with Crippen LogP contribution in [-0.4, -0.2) is 28.3 Å². The van der Waals surface area contributed by atoms with Crippen molar-refractivity contribution < 1.29 is 4.74 Å². The monoisotopic (exact) mass is 249 g/mol. The van der Waals surface area contributed by atoms with Crippen molar-refractivity contribution >= 4 is 0 Å². The molecule has 1 aliphatic heterocycles. The second-order valence-electron chi connectivity index (χ2n) is 5.47. The molecule has 2 aliphatic rings. The molecule has 0 amide bonds. The summed E-state index contributed by atoms with van der Waals surface area (Å²) in [6, 6.07) is 0.752. The number of hydrogen-bond donors (Lipinski definition) is 1. The van der Waals surface area contributed by atoms with Crippen LogP contribution in [0, 0.1) is 0 Å². The van der Waals surface area contributed by atoms with Gasteiger partial charge in [-0.25, -0.2) is 4.98 Å². The Kier molecular flexibility index (Phi) is 3.96. The number of ether oxygens (including phenoxy) is 1. The Morgan fingerprint density at radius 2 is 2.33 bits per heavy atom. The van der Waals surface area contributed by atoms with Crippen molar-refractivity contribution in [3.8, 4) is 0 Å². The van der Waals surface area contributed by atoms with Crippen molar-refractivity contribution in [2.24, 2.45) is 0 Å². The van der Waals surface area contributed by atoms with Crippen LogP contribution in [0.5, 0.6) is 0 Å². The van der Waals surface area contributed by atoms with Crippen molar-refractivity contribution in [2.45, 2.75) is 63.8 Å². The Balaban J connectivity index is 1.41. The van der Waals surface area contributed by atoms with E-state index < -0.39 is 0 Å². The number of aromatic nitrogens is 2. The molecule has 1 unspecified atom stereocenters. The van der Waals surface area contributed by atoms with E-state index in [9.17, 15) is 0 Å². The normalized spacial score (nSPS) is 23.7. The van der Waals surface area contributed by atoms with Gasteiger partial charge in [0.2, 0.25) is 0 Å². The molecule has 1 saturated heterocycles. The van der Waals surface area contributed by atoms with Crippen LogP contribution >= 0.6 is 0 Å². The van der Waals surface area contributed by atoms with E-state index in [0.717, 1.165) is 25.7 Å². The van der Waals surface area contributed by atoms with Crippen LogP contribution in [0.15, 0.2) is 12.4 Å². The predicted molar refractivity (Wildman–Crippen MR) is 70.3 cm³/mol. The topological polar surface area (TPSA) is 39.1 Å². The molecule has 0 spiro atoms. The molecule has 1 atom stereocenters. The van der Waals surface area contributed by atoms with Gasteiger partial charge < -0.3 is 14.6 Å². The lowest BCUT2D eigenvalue weighted by molar-refractivity contribution is 0.101. The third-order valence-electron chi connectivity index (χ3n) is 3.88. The first-order chi connectivity index (χ1) is 8.92. The Morgan fingerprint density at radius 3 is 3.11 bits per heavy atom. The number of rotatable bonds is 7. The first kappa shape index (κ1) is 12.2. The minimum Gasteiger partial charge on any atom is -0.378 e. The summed E-state index contributed by atoms with van der Waals surface area (Å²) in [5.74, 6) is 1.18. The lowest BCUT2D eigenvalue weighted by Crippen LogP contribution is -2.19. The molecule has 1 aliphatic carbocycles. The third kappa shape index (κ3) is 3.33. The van der Waals surface area contributed by atoms with E-state index in [-0.39, 0.29) is 0 Å². The van der Waals surface area contributed by atoms with Gasteiger partial charge in [0.15, 0.2) is 0 Å². The lowest BCUT2D eigenvalue weighted by Gasteiger charge is -2.11. The Bertz CT molecular complexity index is 367. The molecule has 3 rings (SSSR count). The van der Waals surface area contributed by atoms with Crippen molar-refractivity contribution in [3.63, 3.8) is 0 Å². The van der Waals surface area contributed by atoms with Crippen molar-refractivity contribution in [2.75, 3.05) is 6.61 Å². The highest BCUT2D eigenvalue weighted by Gasteiger charge is 2.20. The van der Waals surface area contributed by atoms with E-state index in [0.29, 0.717) is 6.10 Å². The Morgan fingerprint density at radius 1 is 1.39 bits per heavy atom. The van der Waals surface area contributed by atoms with E-state index in [1.165, 1.54) is 44.3 Å². The van der Waals surface area contributed by atoms with Crippen molar-refractivity contribution in [1.82, 2.24) is 14.9 Å². The number of nitrogens with one attached hydrogen (secondary N) is 1. The molecule has 0 bridgehead atoms. The number of imidazole rings is 1. The minimum absolute atomic E-state index is 0.515. The fraction of sp³-hybridized carbons (Fsp3) is 0.786. The average Bonchev–Trinajstić information content (AvgIpc) is 2.89. The average molecular weight is 249 g/mol. The van der Waals surface area contributed by atoms with Gasteiger partial charge in [0.1, 0.15) is 5.82 Å². The summed E-state index contributed by atoms with van der Waals surface area (Å²) in [6.07, 6.45) is 12.1. The summed E-state index contributed by atoms with van der Waals surface area (Å²) in [4.78, 5) is 4.44. The van der Waals surface area contributed by atoms with Gasteiger partial charge in [-0.3, -0.25) is 0 Å². The maximum atomic E-state index is 5.65. The molecular weight excluding hydrogens is 226 g/mol. The maximum absolute atomic E-state index is 5.65. The standard InChI is InChI=1S/C14H23N3O/c1(3-13-4-2-10-18-13)8-17-9-7-15-14(17)11-16-12-5-6-12/h7,9,12-13,16H,1-6,8,10-11H2. The van der Waals surface area contributed by atoms with Gasteiger partial charge in [0.25, 0.3) is 0 Å². The van der Waals surface area contributed by atoms with Crippen LogP contribution in [0.4, 0.5) is 0 Å². The van der Waals surface area contributed by atoms with E-state index in [1.807, 2.05) is 6.20 Å². The van der Waals surface area contributed by atoms with Crippen LogP contribution in [0.25, 0.3) is 0 Å². The highest BCUT2D eigenvalue weighted by Crippen LogP contribution is 2.19. The smallest absolute Gasteiger partial charge is 0.122 e. The van der Waals surface area contributed by atoms with E-state index >= 15 is 0 Å². The molecule has 1 N–H and O–H groups in total. The molecule has 4 nitrogen and oxygen atoms in total. The SMILES string of the molecule is c1cn(CCCC2CCCO2)c(CNC2CC2)n1. The second-order valence-corrected chi connectivity index (χ2v) is 5.47. The molecule has 4 heteroatoms. The zero-order valence-electron chi connectivity index (χ0n) is 11.0. The minimum atomic E-state index is 0.515. The van der Waals surface area contributed by atoms with Crippen LogP contribution in [-0.2, 0) is 17.8 Å². The summed E-state index contributed by atoms with van der Waals surface area (Å²) in [7, 11) is 0. The van der Waals surface area contributed by atoms with Crippen LogP contribution in [0.1, 0.15) is 44.3 Å². The molecule has 100 valence electrons. The fourth-order valence-electron chi connectivity index (χ4n) is 2.60. The van der Waals surface area contributed by atoms with Gasteiger partial charge in [-0.05, 0) is 38.5 Å². The molecular formula is C14H23N3O. The molecule has 2 fully saturated rings. The quantitative estimate of drug-likeness (QED) is 0.804. The molecule has 18 heavy (non-hydrogen) atoms. The van der Waals surface area contributed by atoms with Gasteiger partial charge in [-0.2, -0.15) is 0 Å². The molecule has 2 heterocycles. The first-order valence-corrected chi connectivity index (χ1v) is 7.27. The van der Waals surface area contributed by atoms with Gasteiger partial charge >= 0.3 is 0 Å². The molecule has 0 radical (unpaired) electrons. The highest BCUT2D eigenvalue weighted by atomic mass is 16.5. The number of aryl methyl sites for hydroxylation is 1. The fourth-order valence-corrected chi connectivity index (χ4v) is 2.60. The molecule has 1 aromatic rings. The second kappa shape index (κ2) is 5.85. The van der Waals surface area contributed by atoms with E-state index in [4.69, 9.17) is 4.74 Å². The Hall–Kier alpha value is -0.870. The number of nitrogens with zero attached hydrogens (tertiary/aromatic N) is 2. The van der Waals surface area contributed by atoms with Crippen LogP contribution in [0.2, 0.25) is 0 Å². The summed E-state index contributed by atoms with van der Waals surface area (Å²) >= 11 is 0. The summed E-state index contributed by atoms with van der Waals surface area (Å²) < 4.78 is 7.93. The summed E-state index contributed by atoms with van der Waals surface area (Å²) in [5.41, 5.74) is 0. The van der Waals surface area contributed by atoms with Crippen LogP contribution < -0.4 is 5.32 Å². The first-order valence-electron chi connectivity index (χ1n) is 7.27. The lowest BCUT2D eigenvalue weighted by atomic mass is 10.1. The molecule has 1 aromatic heterocycles. The highest BCUT2D eigenvalue weighted by molar-refractivity contribution is 4.94. The third-order valence-corrected chi connectivity index (χ3v) is 3.88. The Labute approximate surface area is 109 Å². The molecule has 1 saturated carbocycles. The van der Waals surface area contributed by atoms with Crippen LogP contribution in [0.3, 0.4) is 0 Å². The predicted octanol–water partition coefficient (Wildman–Crippen LogP) is 2.09.